The van der Waals surface area contributed by atoms with Gasteiger partial charge in [-0.05, 0) is 18.1 Å². The molecule has 0 amide bonds. The van der Waals surface area contributed by atoms with E-state index < -0.39 is 6.10 Å². The molecular weight excluding hydrogens is 223 g/mol. The number of aldehydes is 1. The van der Waals surface area contributed by atoms with E-state index in [0.29, 0.717) is 39.4 Å². The highest BCUT2D eigenvalue weighted by Crippen LogP contribution is 2.45. The molecule has 0 aromatic heterocycles. The molecule has 2 nitrogen and oxygen atoms in total. The Kier molecular flexibility index (Phi) is 2.30. The van der Waals surface area contributed by atoms with Gasteiger partial charge in [0.1, 0.15) is 0 Å². The van der Waals surface area contributed by atoms with Crippen molar-refractivity contribution in [2.45, 2.75) is 19.4 Å². The number of carbonyl (C=O) groups excluding carboxylic acids is 1. The summed E-state index contributed by atoms with van der Waals surface area (Å²) in [5.74, 6) is 0. The summed E-state index contributed by atoms with van der Waals surface area (Å²) < 4.78 is 0. The number of fused-ring (bicyclic) bond motifs is 1. The van der Waals surface area contributed by atoms with Crippen molar-refractivity contribution < 1.29 is 9.90 Å². The molecule has 2 rings (SSSR count). The average Bonchev–Trinajstić information content (AvgIpc) is 2.12. The maximum absolute atomic E-state index is 10.8. The first-order valence-electron chi connectivity index (χ1n) is 4.21. The summed E-state index contributed by atoms with van der Waals surface area (Å²) >= 11 is 12.0. The first-order valence-corrected chi connectivity index (χ1v) is 4.97. The smallest absolute Gasteiger partial charge is 0.151 e. The number of aliphatic hydroxyl groups excluding tert-OH is 1. The summed E-state index contributed by atoms with van der Waals surface area (Å²) in [4.78, 5) is 10.8. The first-order chi connectivity index (χ1) is 6.57. The van der Waals surface area contributed by atoms with Crippen molar-refractivity contribution in [2.75, 3.05) is 0 Å². The fourth-order valence-corrected chi connectivity index (χ4v) is 2.46. The summed E-state index contributed by atoms with van der Waals surface area (Å²) in [6.07, 6.45) is 0.622. The lowest BCUT2D eigenvalue weighted by Crippen LogP contribution is -2.19. The highest BCUT2D eigenvalue weighted by molar-refractivity contribution is 6.37. The van der Waals surface area contributed by atoms with E-state index in [9.17, 15) is 9.90 Å². The molecule has 0 radical (unpaired) electrons. The van der Waals surface area contributed by atoms with E-state index in [-0.39, 0.29) is 0 Å². The van der Waals surface area contributed by atoms with Gasteiger partial charge in [-0.2, -0.15) is 0 Å². The van der Waals surface area contributed by atoms with Crippen molar-refractivity contribution >= 4 is 29.5 Å². The molecule has 1 unspecified atom stereocenters. The van der Waals surface area contributed by atoms with Crippen LogP contribution in [0.25, 0.3) is 0 Å². The Balaban J connectivity index is 2.77. The zero-order valence-electron chi connectivity index (χ0n) is 7.47. The number of aliphatic hydroxyl groups is 1. The van der Waals surface area contributed by atoms with Crippen molar-refractivity contribution in [3.05, 3.63) is 32.3 Å². The van der Waals surface area contributed by atoms with Crippen molar-refractivity contribution in [3.63, 3.8) is 0 Å². The third-order valence-electron chi connectivity index (χ3n) is 2.64. The van der Waals surface area contributed by atoms with Crippen LogP contribution in [0.15, 0.2) is 0 Å². The van der Waals surface area contributed by atoms with E-state index in [0.717, 1.165) is 5.56 Å². The predicted octanol–water partition coefficient (Wildman–Crippen LogP) is 2.70. The lowest BCUT2D eigenvalue weighted by Gasteiger charge is -2.29. The summed E-state index contributed by atoms with van der Waals surface area (Å²) in [5, 5.41) is 10.4. The van der Waals surface area contributed by atoms with E-state index in [2.05, 4.69) is 0 Å². The van der Waals surface area contributed by atoms with Crippen LogP contribution in [-0.4, -0.2) is 11.4 Å². The molecule has 1 atom stereocenters. The zero-order valence-corrected chi connectivity index (χ0v) is 8.99. The maximum atomic E-state index is 10.8. The highest BCUT2D eigenvalue weighted by atomic mass is 35.5. The van der Waals surface area contributed by atoms with Gasteiger partial charge in [0, 0.05) is 22.6 Å². The molecule has 74 valence electrons. The molecule has 0 spiro atoms. The molecule has 0 aliphatic heterocycles. The third-order valence-corrected chi connectivity index (χ3v) is 3.56. The molecule has 1 aromatic rings. The van der Waals surface area contributed by atoms with E-state index in [1.165, 1.54) is 0 Å². The molecular formula is C10H8Cl2O2. The van der Waals surface area contributed by atoms with Crippen LogP contribution in [0.5, 0.6) is 0 Å². The summed E-state index contributed by atoms with van der Waals surface area (Å²) in [6, 6.07) is 0. The van der Waals surface area contributed by atoms with Gasteiger partial charge in [0.2, 0.25) is 0 Å². The quantitative estimate of drug-likeness (QED) is 0.754. The summed E-state index contributed by atoms with van der Waals surface area (Å²) in [5.41, 5.74) is 2.56. The molecule has 1 aliphatic carbocycles. The van der Waals surface area contributed by atoms with Crippen LogP contribution in [0.4, 0.5) is 0 Å². The fraction of sp³-hybridized carbons (Fsp3) is 0.300. The van der Waals surface area contributed by atoms with Crippen LogP contribution < -0.4 is 0 Å². The number of hydrogen-bond donors (Lipinski definition) is 1. The second-order valence-corrected chi connectivity index (χ2v) is 4.15. The first kappa shape index (κ1) is 9.97. The van der Waals surface area contributed by atoms with Gasteiger partial charge >= 0.3 is 0 Å². The fourth-order valence-electron chi connectivity index (χ4n) is 1.76. The predicted molar refractivity (Wildman–Crippen MR) is 55.3 cm³/mol. The summed E-state index contributed by atoms with van der Waals surface area (Å²) in [7, 11) is 0. The maximum Gasteiger partial charge on any atom is 0.151 e. The number of benzene rings is 1. The van der Waals surface area contributed by atoms with Gasteiger partial charge in [-0.15, -0.1) is 0 Å². The van der Waals surface area contributed by atoms with Gasteiger partial charge in [0.25, 0.3) is 0 Å². The normalized spacial score (nSPS) is 18.7. The van der Waals surface area contributed by atoms with Crippen LogP contribution in [0.2, 0.25) is 10.0 Å². The van der Waals surface area contributed by atoms with E-state index in [1.807, 2.05) is 0 Å². The second kappa shape index (κ2) is 3.23. The van der Waals surface area contributed by atoms with Crippen LogP contribution >= 0.6 is 23.2 Å². The van der Waals surface area contributed by atoms with Gasteiger partial charge in [-0.25, -0.2) is 0 Å². The SMILES string of the molecule is Cc1c(Cl)c2c(c(Cl)c1C=O)C(O)C2. The Morgan fingerprint density at radius 3 is 2.57 bits per heavy atom. The van der Waals surface area contributed by atoms with Gasteiger partial charge in [0.05, 0.1) is 11.1 Å². The Bertz CT molecular complexity index is 427. The van der Waals surface area contributed by atoms with Gasteiger partial charge in [-0.1, -0.05) is 23.2 Å². The molecule has 0 fully saturated rings. The standard InChI is InChI=1S/C10H8Cl2O2/c1-4-6(3-13)10(12)8-5(9(4)11)2-7(8)14/h3,7,14H,2H2,1H3. The van der Waals surface area contributed by atoms with Crippen molar-refractivity contribution in [1.29, 1.82) is 0 Å². The van der Waals surface area contributed by atoms with E-state index in [1.54, 1.807) is 6.92 Å². The molecule has 0 saturated carbocycles. The zero-order chi connectivity index (χ0) is 10.5. The van der Waals surface area contributed by atoms with Crippen LogP contribution in [0.1, 0.15) is 33.2 Å². The molecule has 1 aliphatic rings. The second-order valence-electron chi connectivity index (χ2n) is 3.40. The Hall–Kier alpha value is -0.570. The molecule has 1 aromatic carbocycles. The largest absolute Gasteiger partial charge is 0.388 e. The monoisotopic (exact) mass is 230 g/mol. The Labute approximate surface area is 91.4 Å². The van der Waals surface area contributed by atoms with E-state index in [4.69, 9.17) is 23.2 Å². The molecule has 0 heterocycles. The van der Waals surface area contributed by atoms with Gasteiger partial charge in [0.15, 0.2) is 6.29 Å². The average molecular weight is 231 g/mol. The highest BCUT2D eigenvalue weighted by Gasteiger charge is 2.32. The number of hydrogen-bond acceptors (Lipinski definition) is 2. The number of carbonyl (C=O) groups is 1. The number of halogens is 2. The molecule has 4 heteroatoms. The van der Waals surface area contributed by atoms with Crippen molar-refractivity contribution in [3.8, 4) is 0 Å². The Morgan fingerprint density at radius 1 is 1.43 bits per heavy atom. The Morgan fingerprint density at radius 2 is 2.07 bits per heavy atom. The van der Waals surface area contributed by atoms with Crippen molar-refractivity contribution in [2.24, 2.45) is 0 Å². The van der Waals surface area contributed by atoms with Gasteiger partial charge < -0.3 is 5.11 Å². The molecule has 0 bridgehead atoms. The van der Waals surface area contributed by atoms with Crippen LogP contribution in [0.3, 0.4) is 0 Å². The van der Waals surface area contributed by atoms with Crippen molar-refractivity contribution in [1.82, 2.24) is 0 Å². The van der Waals surface area contributed by atoms with Crippen LogP contribution in [-0.2, 0) is 6.42 Å². The molecule has 0 saturated heterocycles. The topological polar surface area (TPSA) is 37.3 Å². The van der Waals surface area contributed by atoms with Gasteiger partial charge in [-0.3, -0.25) is 4.79 Å². The lowest BCUT2D eigenvalue weighted by molar-refractivity contribution is 0.112. The van der Waals surface area contributed by atoms with E-state index >= 15 is 0 Å². The third kappa shape index (κ3) is 1.11. The molecule has 1 N–H and O–H groups in total. The lowest BCUT2D eigenvalue weighted by atomic mass is 9.82. The summed E-state index contributed by atoms with van der Waals surface area (Å²) in [6.45, 7) is 1.75. The van der Waals surface area contributed by atoms with Crippen LogP contribution in [0, 0.1) is 6.92 Å². The minimum absolute atomic E-state index is 0.343. The minimum Gasteiger partial charge on any atom is -0.388 e. The minimum atomic E-state index is -0.575. The number of rotatable bonds is 1. The molecule has 14 heavy (non-hydrogen) atoms.